The molecule has 1 aliphatic heterocycles. The maximum Gasteiger partial charge on any atom is 0.222 e. The van der Waals surface area contributed by atoms with E-state index in [-0.39, 0.29) is 5.91 Å². The second kappa shape index (κ2) is 4.87. The Hall–Kier alpha value is -1.52. The van der Waals surface area contributed by atoms with E-state index in [9.17, 15) is 4.79 Å². The lowest BCUT2D eigenvalue weighted by molar-refractivity contribution is -0.126. The van der Waals surface area contributed by atoms with Crippen molar-refractivity contribution < 1.29 is 9.53 Å². The van der Waals surface area contributed by atoms with Crippen LogP contribution >= 0.6 is 0 Å². The number of aromatic nitrogens is 2. The van der Waals surface area contributed by atoms with Crippen molar-refractivity contribution in [3.63, 3.8) is 0 Å². The van der Waals surface area contributed by atoms with E-state index in [1.165, 1.54) is 12.8 Å². The highest BCUT2D eigenvalue weighted by Crippen LogP contribution is 2.40. The lowest BCUT2D eigenvalue weighted by Crippen LogP contribution is -2.20. The molecule has 0 radical (unpaired) electrons. The molecule has 5 heteroatoms. The molecule has 2 aliphatic rings. The standard InChI is InChI=1S/C14H21N3O2/c1-3-17-14(7-12(15-17)11-4-5-11)19-9-10-6-13(18)16(2)8-10/h7,10-11H,3-6,8-9H2,1-2H3. The molecule has 1 saturated heterocycles. The Morgan fingerprint density at radius 2 is 2.26 bits per heavy atom. The van der Waals surface area contributed by atoms with Gasteiger partial charge in [0.05, 0.1) is 12.3 Å². The minimum Gasteiger partial charge on any atom is -0.477 e. The molecule has 0 bridgehead atoms. The van der Waals surface area contributed by atoms with E-state index in [4.69, 9.17) is 4.74 Å². The Bertz CT molecular complexity index is 479. The predicted molar refractivity (Wildman–Crippen MR) is 71.1 cm³/mol. The van der Waals surface area contributed by atoms with Gasteiger partial charge in [-0.2, -0.15) is 5.10 Å². The van der Waals surface area contributed by atoms with E-state index >= 15 is 0 Å². The Kier molecular flexibility index (Phi) is 3.21. The smallest absolute Gasteiger partial charge is 0.222 e. The number of carbonyl (C=O) groups excluding carboxylic acids is 1. The summed E-state index contributed by atoms with van der Waals surface area (Å²) in [5.41, 5.74) is 1.16. The molecule has 1 aromatic rings. The van der Waals surface area contributed by atoms with Crippen LogP contribution in [0.15, 0.2) is 6.07 Å². The van der Waals surface area contributed by atoms with Crippen LogP contribution in [0.4, 0.5) is 0 Å². The van der Waals surface area contributed by atoms with Gasteiger partial charge in [-0.15, -0.1) is 0 Å². The van der Waals surface area contributed by atoms with Crippen LogP contribution in [0, 0.1) is 5.92 Å². The van der Waals surface area contributed by atoms with E-state index < -0.39 is 0 Å². The van der Waals surface area contributed by atoms with Crippen LogP contribution in [0.25, 0.3) is 0 Å². The molecule has 1 atom stereocenters. The normalized spacial score (nSPS) is 23.2. The van der Waals surface area contributed by atoms with Crippen molar-refractivity contribution in [1.29, 1.82) is 0 Å². The summed E-state index contributed by atoms with van der Waals surface area (Å²) in [5.74, 6) is 2.03. The van der Waals surface area contributed by atoms with E-state index in [2.05, 4.69) is 18.1 Å². The molecule has 2 heterocycles. The van der Waals surface area contributed by atoms with Crippen LogP contribution in [-0.2, 0) is 11.3 Å². The van der Waals surface area contributed by atoms with Crippen molar-refractivity contribution in [2.24, 2.45) is 5.92 Å². The summed E-state index contributed by atoms with van der Waals surface area (Å²) in [4.78, 5) is 13.3. The molecule has 1 aliphatic carbocycles. The monoisotopic (exact) mass is 263 g/mol. The average molecular weight is 263 g/mol. The molecule has 0 aromatic carbocycles. The summed E-state index contributed by atoms with van der Waals surface area (Å²) in [7, 11) is 1.85. The lowest BCUT2D eigenvalue weighted by Gasteiger charge is -2.12. The van der Waals surface area contributed by atoms with Gasteiger partial charge in [0, 0.05) is 44.5 Å². The first kappa shape index (κ1) is 12.5. The molecular weight excluding hydrogens is 242 g/mol. The third kappa shape index (κ3) is 2.60. The van der Waals surface area contributed by atoms with E-state index in [1.807, 2.05) is 11.7 Å². The molecule has 1 unspecified atom stereocenters. The van der Waals surface area contributed by atoms with Crippen LogP contribution in [0.1, 0.15) is 37.8 Å². The van der Waals surface area contributed by atoms with Crippen molar-refractivity contribution in [2.45, 2.75) is 38.6 Å². The van der Waals surface area contributed by atoms with Gasteiger partial charge in [-0.1, -0.05) is 0 Å². The van der Waals surface area contributed by atoms with E-state index in [0.717, 1.165) is 24.7 Å². The molecule has 0 spiro atoms. The Morgan fingerprint density at radius 1 is 1.47 bits per heavy atom. The fraction of sp³-hybridized carbons (Fsp3) is 0.714. The quantitative estimate of drug-likeness (QED) is 0.811. The van der Waals surface area contributed by atoms with Crippen molar-refractivity contribution >= 4 is 5.91 Å². The highest BCUT2D eigenvalue weighted by atomic mass is 16.5. The molecule has 19 heavy (non-hydrogen) atoms. The van der Waals surface area contributed by atoms with Gasteiger partial charge in [-0.25, -0.2) is 4.68 Å². The largest absolute Gasteiger partial charge is 0.477 e. The van der Waals surface area contributed by atoms with E-state index in [1.54, 1.807) is 4.90 Å². The zero-order chi connectivity index (χ0) is 13.4. The van der Waals surface area contributed by atoms with Crippen molar-refractivity contribution in [3.8, 4) is 5.88 Å². The van der Waals surface area contributed by atoms with Gasteiger partial charge in [0.15, 0.2) is 0 Å². The van der Waals surface area contributed by atoms with Gasteiger partial charge in [0.2, 0.25) is 11.8 Å². The average Bonchev–Trinajstić information content (AvgIpc) is 3.08. The van der Waals surface area contributed by atoms with Gasteiger partial charge in [-0.3, -0.25) is 4.79 Å². The van der Waals surface area contributed by atoms with Crippen LogP contribution in [-0.4, -0.2) is 40.8 Å². The summed E-state index contributed by atoms with van der Waals surface area (Å²) >= 11 is 0. The first-order valence-electron chi connectivity index (χ1n) is 7.12. The van der Waals surface area contributed by atoms with Gasteiger partial charge in [0.1, 0.15) is 0 Å². The Labute approximate surface area is 113 Å². The van der Waals surface area contributed by atoms with Crippen LogP contribution in [0.3, 0.4) is 0 Å². The zero-order valence-electron chi connectivity index (χ0n) is 11.6. The number of ether oxygens (including phenoxy) is 1. The third-order valence-corrected chi connectivity index (χ3v) is 3.95. The maximum atomic E-state index is 11.5. The second-order valence-corrected chi connectivity index (χ2v) is 5.65. The van der Waals surface area contributed by atoms with Crippen molar-refractivity contribution in [3.05, 3.63) is 11.8 Å². The lowest BCUT2D eigenvalue weighted by atomic mass is 10.1. The minimum absolute atomic E-state index is 0.219. The first-order chi connectivity index (χ1) is 9.17. The topological polar surface area (TPSA) is 47.4 Å². The number of nitrogens with zero attached hydrogens (tertiary/aromatic N) is 3. The fourth-order valence-electron chi connectivity index (χ4n) is 2.61. The molecule has 2 fully saturated rings. The Morgan fingerprint density at radius 3 is 2.84 bits per heavy atom. The highest BCUT2D eigenvalue weighted by Gasteiger charge is 2.29. The van der Waals surface area contributed by atoms with Gasteiger partial charge in [0.25, 0.3) is 0 Å². The summed E-state index contributed by atoms with van der Waals surface area (Å²) in [6, 6.07) is 2.07. The zero-order valence-corrected chi connectivity index (χ0v) is 11.6. The predicted octanol–water partition coefficient (Wildman–Crippen LogP) is 1.64. The second-order valence-electron chi connectivity index (χ2n) is 5.65. The number of carbonyl (C=O) groups is 1. The van der Waals surface area contributed by atoms with Crippen molar-refractivity contribution in [2.75, 3.05) is 20.2 Å². The van der Waals surface area contributed by atoms with Crippen LogP contribution in [0.5, 0.6) is 5.88 Å². The molecule has 3 rings (SSSR count). The number of aryl methyl sites for hydroxylation is 1. The van der Waals surface area contributed by atoms with Crippen LogP contribution < -0.4 is 4.74 Å². The maximum absolute atomic E-state index is 11.5. The molecule has 1 amide bonds. The molecule has 1 saturated carbocycles. The fourth-order valence-corrected chi connectivity index (χ4v) is 2.61. The molecular formula is C14H21N3O2. The van der Waals surface area contributed by atoms with Crippen LogP contribution in [0.2, 0.25) is 0 Å². The van der Waals surface area contributed by atoms with Crippen molar-refractivity contribution in [1.82, 2.24) is 14.7 Å². The minimum atomic E-state index is 0.219. The number of hydrogen-bond acceptors (Lipinski definition) is 3. The summed E-state index contributed by atoms with van der Waals surface area (Å²) in [6.45, 7) is 4.30. The first-order valence-corrected chi connectivity index (χ1v) is 7.12. The number of likely N-dealkylation sites (tertiary alicyclic amines) is 1. The molecule has 0 N–H and O–H groups in total. The SMILES string of the molecule is CCn1nc(C2CC2)cc1OCC1CC(=O)N(C)C1. The van der Waals surface area contributed by atoms with Gasteiger partial charge < -0.3 is 9.64 Å². The van der Waals surface area contributed by atoms with Gasteiger partial charge in [-0.05, 0) is 19.8 Å². The molecule has 1 aromatic heterocycles. The Balaban J connectivity index is 1.61. The third-order valence-electron chi connectivity index (χ3n) is 3.95. The number of rotatable bonds is 5. The van der Waals surface area contributed by atoms with Gasteiger partial charge >= 0.3 is 0 Å². The molecule has 5 nitrogen and oxygen atoms in total. The molecule has 104 valence electrons. The summed E-state index contributed by atoms with van der Waals surface area (Å²) < 4.78 is 7.81. The summed E-state index contributed by atoms with van der Waals surface area (Å²) in [6.07, 6.45) is 3.11. The van der Waals surface area contributed by atoms with E-state index in [0.29, 0.717) is 24.9 Å². The number of amides is 1. The number of hydrogen-bond donors (Lipinski definition) is 0. The summed E-state index contributed by atoms with van der Waals surface area (Å²) in [5, 5.41) is 4.58. The highest BCUT2D eigenvalue weighted by molar-refractivity contribution is 5.78.